The monoisotopic (exact) mass is 352 g/mol. The smallest absolute Gasteiger partial charge is 0.307 e. The number of methoxy groups -OCH3 is 2. The van der Waals surface area contributed by atoms with Gasteiger partial charge in [0.1, 0.15) is 0 Å². The van der Waals surface area contributed by atoms with Crippen molar-refractivity contribution >= 4 is 28.1 Å². The van der Waals surface area contributed by atoms with Crippen LogP contribution in [0.2, 0.25) is 0 Å². The van der Waals surface area contributed by atoms with Gasteiger partial charge in [0.05, 0.1) is 20.4 Å². The van der Waals surface area contributed by atoms with Crippen molar-refractivity contribution in [2.75, 3.05) is 14.2 Å². The highest BCUT2D eigenvalue weighted by molar-refractivity contribution is 9.10. The van der Waals surface area contributed by atoms with E-state index in [-0.39, 0.29) is 5.76 Å². The second-order valence-electron chi connectivity index (χ2n) is 3.92. The molecule has 0 unspecified atom stereocenters. The van der Waals surface area contributed by atoms with Crippen molar-refractivity contribution in [1.29, 1.82) is 0 Å². The number of hydrogen-bond acceptors (Lipinski definition) is 5. The van der Waals surface area contributed by atoms with Gasteiger partial charge in [-0.25, -0.2) is 5.43 Å². The molecule has 110 valence electrons. The number of furan rings is 1. The molecule has 0 saturated heterocycles. The van der Waals surface area contributed by atoms with E-state index in [1.807, 2.05) is 0 Å². The molecule has 0 saturated carbocycles. The molecule has 1 N–H and O–H groups in total. The van der Waals surface area contributed by atoms with Crippen LogP contribution in [-0.2, 0) is 0 Å². The zero-order valence-corrected chi connectivity index (χ0v) is 13.0. The van der Waals surface area contributed by atoms with E-state index in [0.29, 0.717) is 16.2 Å². The van der Waals surface area contributed by atoms with Gasteiger partial charge < -0.3 is 13.9 Å². The Hall–Kier alpha value is -2.28. The molecule has 0 aliphatic carbocycles. The second-order valence-corrected chi connectivity index (χ2v) is 4.70. The molecule has 7 heteroatoms. The predicted octanol–water partition coefficient (Wildman–Crippen LogP) is 2.82. The van der Waals surface area contributed by atoms with Crippen LogP contribution in [0.4, 0.5) is 0 Å². The maximum atomic E-state index is 11.7. The minimum absolute atomic E-state index is 0.173. The van der Waals surface area contributed by atoms with Crippen molar-refractivity contribution < 1.29 is 18.7 Å². The molecule has 0 fully saturated rings. The van der Waals surface area contributed by atoms with Crippen molar-refractivity contribution in [3.05, 3.63) is 46.3 Å². The van der Waals surface area contributed by atoms with Crippen molar-refractivity contribution in [3.8, 4) is 11.5 Å². The van der Waals surface area contributed by atoms with Crippen LogP contribution in [0, 0.1) is 0 Å². The highest BCUT2D eigenvalue weighted by Gasteiger charge is 2.09. The number of amides is 1. The number of rotatable bonds is 5. The second kappa shape index (κ2) is 6.94. The van der Waals surface area contributed by atoms with E-state index >= 15 is 0 Å². The molecule has 0 aliphatic rings. The lowest BCUT2D eigenvalue weighted by molar-refractivity contribution is 0.0926. The fraction of sp³-hybridized carbons (Fsp3) is 0.143. The summed E-state index contributed by atoms with van der Waals surface area (Å²) < 4.78 is 15.9. The van der Waals surface area contributed by atoms with E-state index < -0.39 is 5.91 Å². The van der Waals surface area contributed by atoms with E-state index in [1.54, 1.807) is 44.6 Å². The maximum absolute atomic E-state index is 11.7. The molecular formula is C14H13BrN2O4. The molecule has 2 rings (SSSR count). The first-order valence-electron chi connectivity index (χ1n) is 5.95. The topological polar surface area (TPSA) is 73.1 Å². The van der Waals surface area contributed by atoms with Crippen LogP contribution in [0.5, 0.6) is 11.5 Å². The molecule has 0 radical (unpaired) electrons. The Kier molecular flexibility index (Phi) is 4.99. The molecule has 0 spiro atoms. The third-order valence-corrected chi connectivity index (χ3v) is 3.01. The van der Waals surface area contributed by atoms with Crippen LogP contribution in [-0.4, -0.2) is 26.3 Å². The fourth-order valence-electron chi connectivity index (χ4n) is 1.59. The third kappa shape index (κ3) is 3.85. The van der Waals surface area contributed by atoms with Crippen LogP contribution in [0.15, 0.2) is 44.5 Å². The van der Waals surface area contributed by atoms with Crippen LogP contribution >= 0.6 is 15.9 Å². The number of hydrogen-bond donors (Lipinski definition) is 1. The summed E-state index contributed by atoms with van der Waals surface area (Å²) in [6, 6.07) is 8.47. The number of benzene rings is 1. The molecule has 0 bridgehead atoms. The molecule has 2 aromatic rings. The number of nitrogens with zero attached hydrogens (tertiary/aromatic N) is 1. The average Bonchev–Trinajstić information content (AvgIpc) is 2.93. The highest BCUT2D eigenvalue weighted by atomic mass is 79.9. The van der Waals surface area contributed by atoms with Crippen molar-refractivity contribution in [3.63, 3.8) is 0 Å². The lowest BCUT2D eigenvalue weighted by Crippen LogP contribution is -2.16. The van der Waals surface area contributed by atoms with Gasteiger partial charge in [0.15, 0.2) is 21.9 Å². The van der Waals surface area contributed by atoms with E-state index in [0.717, 1.165) is 5.56 Å². The van der Waals surface area contributed by atoms with Crippen molar-refractivity contribution in [2.24, 2.45) is 5.10 Å². The van der Waals surface area contributed by atoms with Gasteiger partial charge in [0.2, 0.25) is 0 Å². The Bertz CT molecular complexity index is 667. The first-order valence-corrected chi connectivity index (χ1v) is 6.74. The number of hydrazone groups is 1. The Morgan fingerprint density at radius 1 is 1.24 bits per heavy atom. The fourth-order valence-corrected chi connectivity index (χ4v) is 1.90. The van der Waals surface area contributed by atoms with Gasteiger partial charge in [0, 0.05) is 0 Å². The SMILES string of the molecule is COc1ccc(/C=N/NC(=O)c2ccc(Br)o2)cc1OC. The van der Waals surface area contributed by atoms with Crippen LogP contribution in [0.1, 0.15) is 16.1 Å². The van der Waals surface area contributed by atoms with Gasteiger partial charge in [-0.05, 0) is 51.8 Å². The third-order valence-electron chi connectivity index (χ3n) is 2.58. The predicted molar refractivity (Wildman–Crippen MR) is 81.0 cm³/mol. The lowest BCUT2D eigenvalue weighted by atomic mass is 10.2. The Morgan fingerprint density at radius 3 is 2.62 bits per heavy atom. The summed E-state index contributed by atoms with van der Waals surface area (Å²) in [5, 5.41) is 3.86. The quantitative estimate of drug-likeness (QED) is 0.663. The largest absolute Gasteiger partial charge is 0.493 e. The normalized spacial score (nSPS) is 10.6. The minimum Gasteiger partial charge on any atom is -0.493 e. The van der Waals surface area contributed by atoms with Crippen molar-refractivity contribution in [2.45, 2.75) is 0 Å². The van der Waals surface area contributed by atoms with E-state index in [9.17, 15) is 4.79 Å². The van der Waals surface area contributed by atoms with Crippen molar-refractivity contribution in [1.82, 2.24) is 5.43 Å². The minimum atomic E-state index is -0.433. The Labute approximate surface area is 129 Å². The first-order chi connectivity index (χ1) is 10.1. The molecule has 1 aromatic heterocycles. The van der Waals surface area contributed by atoms with Crippen LogP contribution < -0.4 is 14.9 Å². The van der Waals surface area contributed by atoms with Gasteiger partial charge in [-0.3, -0.25) is 4.79 Å². The van der Waals surface area contributed by atoms with Gasteiger partial charge in [-0.15, -0.1) is 0 Å². The molecule has 6 nitrogen and oxygen atoms in total. The summed E-state index contributed by atoms with van der Waals surface area (Å²) in [5.41, 5.74) is 3.13. The zero-order valence-electron chi connectivity index (χ0n) is 11.4. The standard InChI is InChI=1S/C14H13BrN2O4/c1-19-10-4-3-9(7-12(10)20-2)8-16-17-14(18)11-5-6-13(15)21-11/h3-8H,1-2H3,(H,17,18)/b16-8+. The first kappa shape index (κ1) is 15.1. The van der Waals surface area contributed by atoms with E-state index in [1.165, 1.54) is 6.21 Å². The molecular weight excluding hydrogens is 340 g/mol. The highest BCUT2D eigenvalue weighted by Crippen LogP contribution is 2.26. The number of nitrogens with one attached hydrogen (secondary N) is 1. The summed E-state index contributed by atoms with van der Waals surface area (Å²) in [6.45, 7) is 0. The van der Waals surface area contributed by atoms with Gasteiger partial charge in [-0.2, -0.15) is 5.10 Å². The Morgan fingerprint density at radius 2 is 2.00 bits per heavy atom. The van der Waals surface area contributed by atoms with Crippen LogP contribution in [0.3, 0.4) is 0 Å². The summed E-state index contributed by atoms with van der Waals surface area (Å²) in [5.74, 6) is 0.950. The summed E-state index contributed by atoms with van der Waals surface area (Å²) in [4.78, 5) is 11.7. The average molecular weight is 353 g/mol. The number of ether oxygens (including phenoxy) is 2. The summed E-state index contributed by atoms with van der Waals surface area (Å²) in [7, 11) is 3.11. The summed E-state index contributed by atoms with van der Waals surface area (Å²) >= 11 is 3.12. The zero-order chi connectivity index (χ0) is 15.2. The van der Waals surface area contributed by atoms with Gasteiger partial charge in [0.25, 0.3) is 0 Å². The van der Waals surface area contributed by atoms with E-state index in [2.05, 4.69) is 26.5 Å². The van der Waals surface area contributed by atoms with Crippen LogP contribution in [0.25, 0.3) is 0 Å². The molecule has 0 atom stereocenters. The molecule has 1 heterocycles. The Balaban J connectivity index is 2.03. The maximum Gasteiger partial charge on any atom is 0.307 e. The molecule has 1 aromatic carbocycles. The van der Waals surface area contributed by atoms with Gasteiger partial charge >= 0.3 is 5.91 Å². The number of halogens is 1. The number of carbonyl (C=O) groups is 1. The molecule has 0 aliphatic heterocycles. The van der Waals surface area contributed by atoms with Gasteiger partial charge in [-0.1, -0.05) is 0 Å². The molecule has 1 amide bonds. The lowest BCUT2D eigenvalue weighted by Gasteiger charge is -2.07. The number of carbonyl (C=O) groups excluding carboxylic acids is 1. The summed E-state index contributed by atoms with van der Waals surface area (Å²) in [6.07, 6.45) is 1.50. The van der Waals surface area contributed by atoms with E-state index in [4.69, 9.17) is 13.9 Å². The molecule has 21 heavy (non-hydrogen) atoms.